The molecule has 0 amide bonds. The molecule has 6 rings (SSSR count). The van der Waals surface area contributed by atoms with Gasteiger partial charge in [0.05, 0.1) is 23.9 Å². The van der Waals surface area contributed by atoms with Crippen molar-refractivity contribution >= 4 is 16.6 Å². The topological polar surface area (TPSA) is 96.7 Å². The minimum absolute atomic E-state index is 0.0310. The van der Waals surface area contributed by atoms with E-state index in [-0.39, 0.29) is 11.6 Å². The number of aromatic nitrogens is 4. The van der Waals surface area contributed by atoms with Crippen molar-refractivity contribution < 1.29 is 14.6 Å². The lowest BCUT2D eigenvalue weighted by molar-refractivity contribution is 0.438. The van der Waals surface area contributed by atoms with Crippen LogP contribution in [0.4, 0.5) is 0 Å². The van der Waals surface area contributed by atoms with Crippen LogP contribution in [0.3, 0.4) is 0 Å². The number of pyridine rings is 1. The van der Waals surface area contributed by atoms with Crippen LogP contribution in [0.2, 0.25) is 0 Å². The Kier molecular flexibility index (Phi) is 4.33. The fraction of sp³-hybridized carbons (Fsp3) is 0.0385. The van der Waals surface area contributed by atoms with E-state index in [0.717, 1.165) is 22.0 Å². The number of imidazole rings is 1. The molecule has 0 radical (unpaired) electrons. The molecule has 0 aliphatic carbocycles. The molecule has 4 aromatic heterocycles. The highest BCUT2D eigenvalue weighted by atomic mass is 16.3. The molecule has 7 nitrogen and oxygen atoms in total. The molecule has 6 aromatic rings. The first kappa shape index (κ1) is 19.1. The summed E-state index contributed by atoms with van der Waals surface area (Å²) >= 11 is 0. The van der Waals surface area contributed by atoms with Crippen molar-refractivity contribution in [2.75, 3.05) is 0 Å². The molecule has 33 heavy (non-hydrogen) atoms. The van der Waals surface area contributed by atoms with Crippen molar-refractivity contribution in [2.24, 2.45) is 0 Å². The molecule has 2 aromatic carbocycles. The summed E-state index contributed by atoms with van der Waals surface area (Å²) in [5.41, 5.74) is 4.80. The van der Waals surface area contributed by atoms with Gasteiger partial charge < -0.3 is 14.6 Å². The monoisotopic (exact) mass is 434 g/mol. The summed E-state index contributed by atoms with van der Waals surface area (Å²) in [5, 5.41) is 21.7. The van der Waals surface area contributed by atoms with Gasteiger partial charge in [0, 0.05) is 28.9 Å². The highest BCUT2D eigenvalue weighted by molar-refractivity contribution is 5.97. The average Bonchev–Trinajstić information content (AvgIpc) is 3.47. The third kappa shape index (κ3) is 3.27. The highest BCUT2D eigenvalue weighted by Gasteiger charge is 2.20. The number of rotatable bonds is 4. The molecule has 2 N–H and O–H groups in total. The van der Waals surface area contributed by atoms with E-state index in [9.17, 15) is 10.2 Å². The summed E-state index contributed by atoms with van der Waals surface area (Å²) in [7, 11) is 0. The van der Waals surface area contributed by atoms with Gasteiger partial charge >= 0.3 is 0 Å². The Hall–Kier alpha value is -4.65. The minimum atomic E-state index is 0.0310. The molecule has 0 bridgehead atoms. The summed E-state index contributed by atoms with van der Waals surface area (Å²) in [6.07, 6.45) is 5.45. The first-order chi connectivity index (χ1) is 16.2. The number of phenolic OH excluding ortho intramolecular Hbond substituents is 1. The van der Waals surface area contributed by atoms with Gasteiger partial charge in [-0.25, -0.2) is 9.97 Å². The van der Waals surface area contributed by atoms with Crippen molar-refractivity contribution in [3.8, 4) is 34.1 Å². The number of aromatic hydroxyl groups is 2. The second-order valence-electron chi connectivity index (χ2n) is 7.73. The van der Waals surface area contributed by atoms with Gasteiger partial charge in [0.15, 0.2) is 5.65 Å². The van der Waals surface area contributed by atoms with Gasteiger partial charge in [0.2, 0.25) is 5.88 Å². The molecular weight excluding hydrogens is 416 g/mol. The summed E-state index contributed by atoms with van der Waals surface area (Å²) < 4.78 is 7.11. The second-order valence-corrected chi connectivity index (χ2v) is 7.73. The zero-order chi connectivity index (χ0) is 22.4. The summed E-state index contributed by atoms with van der Waals surface area (Å²) in [6, 6.07) is 20.2. The lowest BCUT2D eigenvalue weighted by atomic mass is 10.1. The Bertz CT molecular complexity index is 1600. The van der Waals surface area contributed by atoms with Gasteiger partial charge in [-0.1, -0.05) is 18.2 Å². The van der Waals surface area contributed by atoms with E-state index < -0.39 is 0 Å². The number of phenols is 1. The fourth-order valence-electron chi connectivity index (χ4n) is 4.03. The fourth-order valence-corrected chi connectivity index (χ4v) is 4.03. The maximum Gasteiger partial charge on any atom is 0.219 e. The number of hydrogen-bond acceptors (Lipinski definition) is 6. The largest absolute Gasteiger partial charge is 0.508 e. The van der Waals surface area contributed by atoms with Crippen molar-refractivity contribution in [1.29, 1.82) is 0 Å². The Balaban J connectivity index is 1.64. The van der Waals surface area contributed by atoms with Crippen LogP contribution in [0, 0.1) is 0 Å². The van der Waals surface area contributed by atoms with Crippen LogP contribution in [-0.2, 0) is 6.42 Å². The Morgan fingerprint density at radius 2 is 1.73 bits per heavy atom. The third-order valence-corrected chi connectivity index (χ3v) is 5.64. The first-order valence-corrected chi connectivity index (χ1v) is 10.4. The average molecular weight is 434 g/mol. The normalized spacial score (nSPS) is 11.4. The first-order valence-electron chi connectivity index (χ1n) is 10.4. The predicted molar refractivity (Wildman–Crippen MR) is 124 cm³/mol. The van der Waals surface area contributed by atoms with Crippen LogP contribution in [-0.4, -0.2) is 29.6 Å². The summed E-state index contributed by atoms with van der Waals surface area (Å²) in [4.78, 5) is 14.2. The predicted octanol–water partition coefficient (Wildman–Crippen LogP) is 5.21. The van der Waals surface area contributed by atoms with Crippen LogP contribution in [0.5, 0.6) is 11.6 Å². The zero-order valence-corrected chi connectivity index (χ0v) is 17.4. The van der Waals surface area contributed by atoms with E-state index in [1.54, 1.807) is 53.4 Å². The molecule has 0 unspecified atom stereocenters. The zero-order valence-electron chi connectivity index (χ0n) is 17.4. The van der Waals surface area contributed by atoms with E-state index in [1.807, 2.05) is 36.4 Å². The number of para-hydroxylation sites is 1. The quantitative estimate of drug-likeness (QED) is 0.396. The molecule has 0 saturated carbocycles. The standard InChI is InChI=1S/C26H18N4O3/c31-17-9-7-16(8-10-17)23-15-30-25(29-22(26(30)32)14-18-4-3-13-33-18)24(28-23)20-11-12-27-21-6-2-1-5-19(20)21/h1-13,15,31-32H,14H2. The van der Waals surface area contributed by atoms with Gasteiger partial charge in [0.25, 0.3) is 0 Å². The second kappa shape index (κ2) is 7.49. The van der Waals surface area contributed by atoms with E-state index in [2.05, 4.69) is 4.98 Å². The number of fused-ring (bicyclic) bond motifs is 2. The van der Waals surface area contributed by atoms with E-state index in [1.165, 1.54) is 0 Å². The van der Waals surface area contributed by atoms with Crippen LogP contribution in [0.1, 0.15) is 11.5 Å². The SMILES string of the molecule is Oc1ccc(-c2cn3c(O)c(Cc4ccco4)nc3c(-c3ccnc4ccccc34)n2)cc1. The molecule has 0 spiro atoms. The molecule has 0 atom stereocenters. The Labute approximate surface area is 188 Å². The van der Waals surface area contributed by atoms with E-state index in [4.69, 9.17) is 14.4 Å². The van der Waals surface area contributed by atoms with Crippen molar-refractivity contribution in [3.63, 3.8) is 0 Å². The van der Waals surface area contributed by atoms with Crippen LogP contribution in [0.15, 0.2) is 89.8 Å². The van der Waals surface area contributed by atoms with Crippen molar-refractivity contribution in [1.82, 2.24) is 19.4 Å². The summed E-state index contributed by atoms with van der Waals surface area (Å²) in [5.74, 6) is 0.908. The van der Waals surface area contributed by atoms with Crippen LogP contribution in [0.25, 0.3) is 39.1 Å². The molecule has 4 heterocycles. The van der Waals surface area contributed by atoms with E-state index >= 15 is 0 Å². The Morgan fingerprint density at radius 3 is 2.55 bits per heavy atom. The third-order valence-electron chi connectivity index (χ3n) is 5.64. The molecule has 160 valence electrons. The minimum Gasteiger partial charge on any atom is -0.508 e. The van der Waals surface area contributed by atoms with Gasteiger partial charge in [-0.2, -0.15) is 0 Å². The molecular formula is C26H18N4O3. The molecule has 0 fully saturated rings. The van der Waals surface area contributed by atoms with Gasteiger partial charge in [-0.05, 0) is 48.5 Å². The lowest BCUT2D eigenvalue weighted by Crippen LogP contribution is -1.97. The Morgan fingerprint density at radius 1 is 0.879 bits per heavy atom. The maximum atomic E-state index is 11.1. The van der Waals surface area contributed by atoms with Gasteiger partial charge in [-0.3, -0.25) is 9.38 Å². The van der Waals surface area contributed by atoms with Gasteiger partial charge in [0.1, 0.15) is 22.9 Å². The molecule has 0 aliphatic heterocycles. The number of nitrogens with zero attached hydrogens (tertiary/aromatic N) is 4. The van der Waals surface area contributed by atoms with Crippen molar-refractivity contribution in [2.45, 2.75) is 6.42 Å². The smallest absolute Gasteiger partial charge is 0.219 e. The van der Waals surface area contributed by atoms with E-state index in [0.29, 0.717) is 34.9 Å². The van der Waals surface area contributed by atoms with Gasteiger partial charge in [-0.15, -0.1) is 0 Å². The molecule has 0 saturated heterocycles. The lowest BCUT2D eigenvalue weighted by Gasteiger charge is -2.10. The van der Waals surface area contributed by atoms with Crippen molar-refractivity contribution in [3.05, 3.63) is 96.8 Å². The van der Waals surface area contributed by atoms with Crippen LogP contribution < -0.4 is 0 Å². The maximum absolute atomic E-state index is 11.1. The molecule has 7 heteroatoms. The highest BCUT2D eigenvalue weighted by Crippen LogP contribution is 2.34. The number of benzene rings is 2. The number of furan rings is 1. The molecule has 0 aliphatic rings. The van der Waals surface area contributed by atoms with Crippen LogP contribution >= 0.6 is 0 Å². The number of hydrogen-bond donors (Lipinski definition) is 2. The summed E-state index contributed by atoms with van der Waals surface area (Å²) in [6.45, 7) is 0.